The Morgan fingerprint density at radius 3 is 2.56 bits per heavy atom. The van der Waals surface area contributed by atoms with Gasteiger partial charge in [-0.2, -0.15) is 0 Å². The maximum atomic E-state index is 14.5. The van der Waals surface area contributed by atoms with Gasteiger partial charge in [0.2, 0.25) is 0 Å². The van der Waals surface area contributed by atoms with E-state index in [1.807, 2.05) is 0 Å². The molecule has 0 radical (unpaired) electrons. The summed E-state index contributed by atoms with van der Waals surface area (Å²) in [6.45, 7) is 1.31. The Morgan fingerprint density at radius 2 is 1.93 bits per heavy atom. The fraction of sp³-hybridized carbons (Fsp3) is 0.190. The molecular weight excluding hydrogens is 347 g/mol. The lowest BCUT2D eigenvalue weighted by Crippen LogP contribution is -2.15. The van der Waals surface area contributed by atoms with Gasteiger partial charge in [0.25, 0.3) is 0 Å². The van der Waals surface area contributed by atoms with Gasteiger partial charge in [0.1, 0.15) is 29.5 Å². The van der Waals surface area contributed by atoms with Gasteiger partial charge in [-0.15, -0.1) is 0 Å². The summed E-state index contributed by atoms with van der Waals surface area (Å²) < 4.78 is 16.1. The zero-order valence-corrected chi connectivity index (χ0v) is 14.7. The van der Waals surface area contributed by atoms with Crippen LogP contribution in [0.25, 0.3) is 11.1 Å². The Morgan fingerprint density at radius 1 is 1.19 bits per heavy atom. The number of imidazole rings is 1. The average Bonchev–Trinajstić information content (AvgIpc) is 3.13. The van der Waals surface area contributed by atoms with Crippen molar-refractivity contribution in [1.29, 1.82) is 0 Å². The van der Waals surface area contributed by atoms with E-state index in [2.05, 4.69) is 16.8 Å². The molecule has 0 aliphatic heterocycles. The molecule has 3 rings (SSSR count). The van der Waals surface area contributed by atoms with Crippen molar-refractivity contribution in [3.05, 3.63) is 72.1 Å². The highest BCUT2D eigenvalue weighted by atomic mass is 19.1. The molecule has 27 heavy (non-hydrogen) atoms. The molecule has 0 aliphatic rings. The highest BCUT2D eigenvalue weighted by molar-refractivity contribution is 5.65. The summed E-state index contributed by atoms with van der Waals surface area (Å²) in [6, 6.07) is 10.3. The van der Waals surface area contributed by atoms with Crippen molar-refractivity contribution in [3.8, 4) is 28.7 Å². The first-order valence-corrected chi connectivity index (χ1v) is 8.41. The van der Waals surface area contributed by atoms with Crippen LogP contribution in [0.15, 0.2) is 54.9 Å². The van der Waals surface area contributed by atoms with Crippen LogP contribution in [-0.2, 0) is 0 Å². The number of phenols is 1. The van der Waals surface area contributed by atoms with Crippen LogP contribution >= 0.6 is 0 Å². The Kier molecular flexibility index (Phi) is 5.55. The quantitative estimate of drug-likeness (QED) is 0.620. The van der Waals surface area contributed by atoms with E-state index in [-0.39, 0.29) is 12.4 Å². The largest absolute Gasteiger partial charge is 0.508 e. The van der Waals surface area contributed by atoms with Gasteiger partial charge in [-0.25, -0.2) is 9.37 Å². The highest BCUT2D eigenvalue weighted by Gasteiger charge is 2.15. The van der Waals surface area contributed by atoms with E-state index < -0.39 is 18.0 Å². The zero-order chi connectivity index (χ0) is 19.4. The molecule has 0 unspecified atom stereocenters. The van der Waals surface area contributed by atoms with Crippen LogP contribution in [0, 0.1) is 17.7 Å². The third-order valence-electron chi connectivity index (χ3n) is 4.11. The number of hydrogen-bond acceptors (Lipinski definition) is 4. The SMILES string of the molecule is C[C@H](O)c1nccn1[C@@H](C#Cc1ccc(-c2ccc(O)cc2)c(F)c1)CO. The molecule has 5 nitrogen and oxygen atoms in total. The minimum absolute atomic E-state index is 0.118. The molecule has 3 aromatic rings. The van der Waals surface area contributed by atoms with E-state index in [4.69, 9.17) is 0 Å². The molecule has 138 valence electrons. The van der Waals surface area contributed by atoms with Crippen molar-refractivity contribution in [2.45, 2.75) is 19.1 Å². The number of aromatic nitrogens is 2. The van der Waals surface area contributed by atoms with Crippen molar-refractivity contribution in [1.82, 2.24) is 9.55 Å². The molecule has 1 aromatic heterocycles. The first kappa shape index (κ1) is 18.6. The molecule has 0 amide bonds. The number of aromatic hydroxyl groups is 1. The summed E-state index contributed by atoms with van der Waals surface area (Å²) in [4.78, 5) is 4.06. The second kappa shape index (κ2) is 8.04. The van der Waals surface area contributed by atoms with Gasteiger partial charge in [0.15, 0.2) is 0 Å². The van der Waals surface area contributed by atoms with Crippen molar-refractivity contribution in [2.75, 3.05) is 6.61 Å². The summed E-state index contributed by atoms with van der Waals surface area (Å²) in [7, 11) is 0. The maximum Gasteiger partial charge on any atom is 0.138 e. The number of halogens is 1. The standard InChI is InChI=1S/C21H19FN2O3/c1-14(26)21-23-10-11-24(21)17(13-25)6-2-15-3-9-19(20(22)12-15)16-4-7-18(27)8-5-16/h3-5,7-12,14,17,25-27H,13H2,1H3/t14-,17-/m0/s1. The van der Waals surface area contributed by atoms with Crippen LogP contribution in [0.4, 0.5) is 4.39 Å². The van der Waals surface area contributed by atoms with Crippen LogP contribution in [-0.4, -0.2) is 31.5 Å². The highest BCUT2D eigenvalue weighted by Crippen LogP contribution is 2.25. The average molecular weight is 366 g/mol. The van der Waals surface area contributed by atoms with Crippen molar-refractivity contribution in [3.63, 3.8) is 0 Å². The number of nitrogens with zero attached hydrogens (tertiary/aromatic N) is 2. The number of rotatable bonds is 4. The third kappa shape index (κ3) is 4.17. The molecule has 0 bridgehead atoms. The van der Waals surface area contributed by atoms with Gasteiger partial charge >= 0.3 is 0 Å². The van der Waals surface area contributed by atoms with Crippen LogP contribution in [0.5, 0.6) is 5.75 Å². The van der Waals surface area contributed by atoms with E-state index in [1.165, 1.54) is 24.4 Å². The second-order valence-electron chi connectivity index (χ2n) is 6.08. The minimum atomic E-state index is -0.794. The van der Waals surface area contributed by atoms with Gasteiger partial charge < -0.3 is 19.9 Å². The normalized spacial score (nSPS) is 12.9. The molecule has 3 N–H and O–H groups in total. The number of benzene rings is 2. The molecule has 1 heterocycles. The molecule has 0 saturated carbocycles. The third-order valence-corrected chi connectivity index (χ3v) is 4.11. The van der Waals surface area contributed by atoms with Gasteiger partial charge in [0.05, 0.1) is 6.61 Å². The van der Waals surface area contributed by atoms with E-state index in [1.54, 1.807) is 42.0 Å². The Bertz CT molecular complexity index is 985. The topological polar surface area (TPSA) is 78.5 Å². The summed E-state index contributed by atoms with van der Waals surface area (Å²) in [5.41, 5.74) is 1.52. The number of aliphatic hydroxyl groups excluding tert-OH is 2. The number of hydrogen-bond donors (Lipinski definition) is 3. The van der Waals surface area contributed by atoms with Gasteiger partial charge in [0, 0.05) is 23.5 Å². The second-order valence-corrected chi connectivity index (χ2v) is 6.08. The van der Waals surface area contributed by atoms with Crippen LogP contribution in [0.3, 0.4) is 0 Å². The van der Waals surface area contributed by atoms with E-state index in [9.17, 15) is 19.7 Å². The summed E-state index contributed by atoms with van der Waals surface area (Å²) in [5.74, 6) is 5.84. The van der Waals surface area contributed by atoms with Crippen molar-refractivity contribution in [2.24, 2.45) is 0 Å². The molecular formula is C21H19FN2O3. The van der Waals surface area contributed by atoms with Crippen LogP contribution in [0.2, 0.25) is 0 Å². The molecule has 2 aromatic carbocycles. The fourth-order valence-corrected chi connectivity index (χ4v) is 2.75. The van der Waals surface area contributed by atoms with Crippen LogP contribution in [0.1, 0.15) is 30.5 Å². The smallest absolute Gasteiger partial charge is 0.138 e. The first-order chi connectivity index (χ1) is 13.0. The molecule has 0 fully saturated rings. The lowest BCUT2D eigenvalue weighted by Gasteiger charge is -2.14. The van der Waals surface area contributed by atoms with Gasteiger partial charge in [-0.3, -0.25) is 0 Å². The van der Waals surface area contributed by atoms with E-state index in [0.29, 0.717) is 22.5 Å². The molecule has 0 saturated heterocycles. The lowest BCUT2D eigenvalue weighted by molar-refractivity contribution is 0.176. The van der Waals surface area contributed by atoms with Crippen molar-refractivity contribution < 1.29 is 19.7 Å². The monoisotopic (exact) mass is 366 g/mol. The predicted molar refractivity (Wildman–Crippen MR) is 99.4 cm³/mol. The summed E-state index contributed by atoms with van der Waals surface area (Å²) >= 11 is 0. The lowest BCUT2D eigenvalue weighted by atomic mass is 10.0. The number of aliphatic hydroxyl groups is 2. The molecule has 6 heteroatoms. The molecule has 0 spiro atoms. The van der Waals surface area contributed by atoms with Crippen LogP contribution < -0.4 is 0 Å². The van der Waals surface area contributed by atoms with Crippen molar-refractivity contribution >= 4 is 0 Å². The Labute approximate surface area is 156 Å². The Hall–Kier alpha value is -3.14. The minimum Gasteiger partial charge on any atom is -0.508 e. The van der Waals surface area contributed by atoms with E-state index >= 15 is 0 Å². The Balaban J connectivity index is 1.87. The number of phenolic OH excluding ortho intramolecular Hbond substituents is 1. The summed E-state index contributed by atoms with van der Waals surface area (Å²) in [5, 5.41) is 28.7. The fourth-order valence-electron chi connectivity index (χ4n) is 2.75. The molecule has 2 atom stereocenters. The first-order valence-electron chi connectivity index (χ1n) is 8.41. The predicted octanol–water partition coefficient (Wildman–Crippen LogP) is 3.03. The van der Waals surface area contributed by atoms with Gasteiger partial charge in [-0.05, 0) is 36.8 Å². The van der Waals surface area contributed by atoms with Gasteiger partial charge in [-0.1, -0.05) is 30.0 Å². The summed E-state index contributed by atoms with van der Waals surface area (Å²) in [6.07, 6.45) is 2.36. The van der Waals surface area contributed by atoms with E-state index in [0.717, 1.165) is 0 Å². The maximum absolute atomic E-state index is 14.5. The molecule has 0 aliphatic carbocycles. The zero-order valence-electron chi connectivity index (χ0n) is 14.7.